The third-order valence-electron chi connectivity index (χ3n) is 25.4. The van der Waals surface area contributed by atoms with Crippen LogP contribution in [-0.2, 0) is 56.2 Å². The van der Waals surface area contributed by atoms with Gasteiger partial charge in [-0.2, -0.15) is 0 Å². The van der Waals surface area contributed by atoms with Gasteiger partial charge >= 0.3 is 39.4 Å². The van der Waals surface area contributed by atoms with E-state index < -0.39 is 54.7 Å². The summed E-state index contributed by atoms with van der Waals surface area (Å²) in [4.78, 5) is 66.8. The first-order chi connectivity index (χ1) is 52.6. The van der Waals surface area contributed by atoms with Crippen LogP contribution in [0.2, 0.25) is 0 Å². The molecule has 3 saturated carbocycles. The fraction of sp³-hybridized carbons (Fsp3) is 0.644. The van der Waals surface area contributed by atoms with Crippen LogP contribution < -0.4 is 16.6 Å². The molecule has 0 bridgehead atoms. The van der Waals surface area contributed by atoms with Crippen molar-refractivity contribution in [1.82, 2.24) is 23.8 Å². The van der Waals surface area contributed by atoms with Gasteiger partial charge in [0, 0.05) is 106 Å². The number of benzene rings is 3. The summed E-state index contributed by atoms with van der Waals surface area (Å²) in [5.74, 6) is 1.13. The number of aliphatic hydroxyl groups is 3. The molecule has 1 unspecified atom stereocenters. The van der Waals surface area contributed by atoms with Crippen molar-refractivity contribution in [3.8, 4) is 11.1 Å². The Morgan fingerprint density at radius 3 is 0.974 bits per heavy atom. The summed E-state index contributed by atoms with van der Waals surface area (Å²) in [7, 11) is 2.10. The molecule has 3 aliphatic carbocycles. The molecule has 6 saturated heterocycles. The molecule has 3 N–H and O–H groups in total. The van der Waals surface area contributed by atoms with E-state index in [-0.39, 0.29) is 81.1 Å². The number of halogens is 2. The molecule has 9 aliphatic rings. The lowest BCUT2D eigenvalue weighted by molar-refractivity contribution is -0.109. The summed E-state index contributed by atoms with van der Waals surface area (Å²) in [6.45, 7) is 43.1. The summed E-state index contributed by atoms with van der Waals surface area (Å²) in [5.41, 5.74) is -0.402. The number of nitrogens with zero attached hydrogens (tertiary/aromatic N) is 5. The summed E-state index contributed by atoms with van der Waals surface area (Å²) in [6.07, 6.45) is 12.8. The minimum atomic E-state index is -0.870. The molecule has 2 aromatic heterocycles. The van der Waals surface area contributed by atoms with E-state index in [0.29, 0.717) is 56.7 Å². The van der Waals surface area contributed by atoms with Crippen molar-refractivity contribution in [3.05, 3.63) is 156 Å². The minimum Gasteiger partial charge on any atom is -0.442 e. The van der Waals surface area contributed by atoms with Gasteiger partial charge in [0.2, 0.25) is 0 Å². The quantitative estimate of drug-likeness (QED) is 0.0545. The van der Waals surface area contributed by atoms with Crippen molar-refractivity contribution >= 4 is 76.7 Å². The van der Waals surface area contributed by atoms with Gasteiger partial charge in [0.25, 0.3) is 11.1 Å². The highest BCUT2D eigenvalue weighted by Crippen LogP contribution is 2.54. The number of hydrogen-bond acceptors (Lipinski definition) is 17. The molecule has 3 amide bonds. The molecule has 624 valence electrons. The Morgan fingerprint density at radius 2 is 0.693 bits per heavy atom. The van der Waals surface area contributed by atoms with Crippen molar-refractivity contribution in [1.29, 1.82) is 0 Å². The fourth-order valence-electron chi connectivity index (χ4n) is 16.2. The van der Waals surface area contributed by atoms with Gasteiger partial charge in [-0.05, 0) is 259 Å². The van der Waals surface area contributed by atoms with Gasteiger partial charge in [-0.15, -0.1) is 0 Å². The van der Waals surface area contributed by atoms with Crippen molar-refractivity contribution in [3.63, 3.8) is 0 Å². The van der Waals surface area contributed by atoms with Crippen molar-refractivity contribution in [2.45, 2.75) is 308 Å². The van der Waals surface area contributed by atoms with E-state index in [1.165, 1.54) is 10.6 Å². The zero-order valence-corrected chi connectivity index (χ0v) is 74.9. The highest BCUT2D eigenvalue weighted by molar-refractivity contribution is 9.10. The van der Waals surface area contributed by atoms with E-state index in [1.807, 2.05) is 189 Å². The number of cyclic esters (lactones) is 3. The van der Waals surface area contributed by atoms with Gasteiger partial charge in [-0.25, -0.2) is 14.4 Å². The Hall–Kier alpha value is -5.84. The zero-order chi connectivity index (χ0) is 84.3. The van der Waals surface area contributed by atoms with Crippen LogP contribution >= 0.6 is 31.9 Å². The van der Waals surface area contributed by atoms with E-state index in [0.717, 1.165) is 100 Å². The summed E-state index contributed by atoms with van der Waals surface area (Å²) < 4.78 is 59.1. The number of aryl methyl sites for hydroxylation is 2. The average molecular weight is 1710 g/mol. The van der Waals surface area contributed by atoms with E-state index in [1.54, 1.807) is 93.4 Å². The summed E-state index contributed by atoms with van der Waals surface area (Å²) >= 11 is 6.62. The molecule has 0 spiro atoms. The van der Waals surface area contributed by atoms with E-state index in [4.69, 9.17) is 42.1 Å². The molecule has 9 fully saturated rings. The standard InChI is InChI=1S/C25H38BNO5.C25H32N2O4.C19H26BrNO3.C12H24B2O4.C6H6BrNO/c1-17(18-8-12-20(13-9-18)26-31-23(4,5)24(6,7)32-26)27-15-14-25(19-10-11-19,30-21(27)28)16-22(2,3)29;1-17(18-5-7-19(8-6-18)20-11-13-26(4)22(28)15-20)27-14-12-25(21-9-10-21,31-23(27)29)16-24(2,3)30;1-13(14-4-8-16(20)9-5-14)21-11-10-19(15-6-7-15,24-17(21)22)12-18(2,3)23;1-9(2)10(3,4)16-13(15-9)14-17-11(5,6)12(7,8)18-14;1-8-3-2-5(7)4-6(8)9/h8-9,12-13,17,19,29H,10-11,14-16H2,1-7H3;5-8,11,13,15,17,21,30H,9-10,12,14,16H2,1-4H3;4-5,8-9,13,15,23H,6-7,10-12H2,1-3H3;1-8H3;2-4H,1H3/t17-,25-;17-,25?;13-,19-;;/m000../s1. The summed E-state index contributed by atoms with van der Waals surface area (Å²) in [5, 5.41) is 31.1. The Balaban J connectivity index is 0.000000158. The molecule has 8 heterocycles. The number of ether oxygens (including phenoxy) is 3. The van der Waals surface area contributed by atoms with E-state index in [2.05, 4.69) is 31.9 Å². The second-order valence-corrected chi connectivity index (χ2v) is 40.1. The highest BCUT2D eigenvalue weighted by Gasteiger charge is 2.64. The first-order valence-corrected chi connectivity index (χ1v) is 42.4. The molecular formula is C87H126B3Br2N5O17. The molecule has 6 aliphatic heterocycles. The lowest BCUT2D eigenvalue weighted by Crippen LogP contribution is -2.54. The van der Waals surface area contributed by atoms with Crippen LogP contribution in [0.1, 0.15) is 257 Å². The zero-order valence-electron chi connectivity index (χ0n) is 71.7. The van der Waals surface area contributed by atoms with Gasteiger partial charge < -0.3 is 81.3 Å². The van der Waals surface area contributed by atoms with Crippen molar-refractivity contribution in [2.24, 2.45) is 31.8 Å². The molecule has 27 heteroatoms. The maximum Gasteiger partial charge on any atom is 0.494 e. The molecule has 14 rings (SSSR count). The molecule has 114 heavy (non-hydrogen) atoms. The van der Waals surface area contributed by atoms with Gasteiger partial charge in [-0.3, -0.25) is 9.59 Å². The largest absolute Gasteiger partial charge is 0.494 e. The number of amides is 3. The number of carbonyl (C=O) groups is 3. The van der Waals surface area contributed by atoms with E-state index >= 15 is 0 Å². The predicted molar refractivity (Wildman–Crippen MR) is 453 cm³/mol. The molecule has 22 nitrogen and oxygen atoms in total. The van der Waals surface area contributed by atoms with Gasteiger partial charge in [0.15, 0.2) is 0 Å². The number of hydrogen-bond donors (Lipinski definition) is 3. The Morgan fingerprint density at radius 1 is 0.404 bits per heavy atom. The third-order valence-corrected chi connectivity index (χ3v) is 26.4. The van der Waals surface area contributed by atoms with Gasteiger partial charge in [0.05, 0.1) is 68.5 Å². The van der Waals surface area contributed by atoms with E-state index in [9.17, 15) is 39.3 Å². The molecular weight excluding hydrogens is 1580 g/mol. The second kappa shape index (κ2) is 33.8. The van der Waals surface area contributed by atoms with Crippen LogP contribution in [0.4, 0.5) is 14.4 Å². The van der Waals surface area contributed by atoms with Crippen LogP contribution in [0.3, 0.4) is 0 Å². The normalized spacial score (nSPS) is 25.6. The fourth-order valence-corrected chi connectivity index (χ4v) is 16.8. The lowest BCUT2D eigenvalue weighted by atomic mass is 9.49. The third kappa shape index (κ3) is 21.6. The van der Waals surface area contributed by atoms with Crippen molar-refractivity contribution < 1.29 is 71.8 Å². The first kappa shape index (κ1) is 90.5. The average Bonchev–Trinajstić information content (AvgIpc) is 1.10. The lowest BCUT2D eigenvalue weighted by Gasteiger charge is -2.45. The maximum atomic E-state index is 13.0. The van der Waals surface area contributed by atoms with Crippen LogP contribution in [-0.4, -0.2) is 165 Å². The van der Waals surface area contributed by atoms with Crippen LogP contribution in [0.5, 0.6) is 0 Å². The molecule has 0 radical (unpaired) electrons. The smallest absolute Gasteiger partial charge is 0.442 e. The Labute approximate surface area is 694 Å². The number of pyridine rings is 2. The van der Waals surface area contributed by atoms with Crippen molar-refractivity contribution in [2.75, 3.05) is 19.6 Å². The second-order valence-electron chi connectivity index (χ2n) is 38.3. The minimum absolute atomic E-state index is 0.00405. The Kier molecular flexibility index (Phi) is 26.8. The molecule has 5 aromatic rings. The van der Waals surface area contributed by atoms with Crippen LogP contribution in [0, 0.1) is 17.8 Å². The topological polar surface area (TPSA) is 249 Å². The SMILES string of the molecule is CC1(C)OB(B2OC(C)(C)C(C)(C)O2)OC1(C)C.C[C@@H](c1ccc(-c2ccn(C)c(=O)c2)cc1)N1CCC(CC(C)(C)O)(C2CC2)OC1=O.C[C@@H](c1ccc(B2OC(C)(C)C(C)(C)O2)cc1)N1CC[C@](CC(C)(C)O)(C2CC2)OC1=O.C[C@@H](c1ccc(Br)cc1)N1CC[C@](CC(C)(C)O)(C2CC2)OC1=O.Cn1ccc(Br)cc1=O. The highest BCUT2D eigenvalue weighted by atomic mass is 79.9. The molecule has 3 aromatic carbocycles. The number of rotatable bonds is 18. The Bertz CT molecular complexity index is 4230. The van der Waals surface area contributed by atoms with Gasteiger partial charge in [0.1, 0.15) is 16.8 Å². The number of aromatic nitrogens is 2. The van der Waals surface area contributed by atoms with Gasteiger partial charge in [-0.1, -0.05) is 92.5 Å². The number of carbonyl (C=O) groups excluding carboxylic acids is 3. The monoisotopic (exact) mass is 1700 g/mol. The maximum absolute atomic E-state index is 13.0. The van der Waals surface area contributed by atoms with Crippen LogP contribution in [0.25, 0.3) is 11.1 Å². The molecule has 6 atom stereocenters. The first-order valence-electron chi connectivity index (χ1n) is 40.8. The predicted octanol–water partition coefficient (Wildman–Crippen LogP) is 16.5. The van der Waals surface area contributed by atoms with Crippen LogP contribution in [0.15, 0.2) is 128 Å². The summed E-state index contributed by atoms with van der Waals surface area (Å²) in [6, 6.07) is 30.8.